The summed E-state index contributed by atoms with van der Waals surface area (Å²) in [5, 5.41) is 2.86. The van der Waals surface area contributed by atoms with Crippen molar-refractivity contribution in [2.75, 3.05) is 43.4 Å². The van der Waals surface area contributed by atoms with Crippen molar-refractivity contribution in [2.45, 2.75) is 56.3 Å². The molecular formula is C23H32BrN3O4S. The Kier molecular flexibility index (Phi) is 7.57. The first-order valence-electron chi connectivity index (χ1n) is 11.7. The van der Waals surface area contributed by atoms with E-state index in [4.69, 9.17) is 0 Å². The number of hydrogen-bond acceptors (Lipinski definition) is 5. The molecule has 0 spiro atoms. The minimum Gasteiger partial charge on any atom is -0.355 e. The van der Waals surface area contributed by atoms with Crippen LogP contribution in [0.5, 0.6) is 0 Å². The number of anilines is 1. The number of benzene rings is 1. The van der Waals surface area contributed by atoms with Crippen LogP contribution in [0.3, 0.4) is 0 Å². The summed E-state index contributed by atoms with van der Waals surface area (Å²) in [5.41, 5.74) is 1.68. The van der Waals surface area contributed by atoms with Crippen molar-refractivity contribution in [3.63, 3.8) is 0 Å². The fraction of sp³-hybridized carbons (Fsp3) is 0.652. The lowest BCUT2D eigenvalue weighted by atomic mass is 10.2. The number of rotatable bonds is 8. The number of hydrogen-bond donors (Lipinski definition) is 1. The maximum atomic E-state index is 13.0. The minimum absolute atomic E-state index is 0.0728. The zero-order chi connectivity index (χ0) is 22.7. The average molecular weight is 526 g/mol. The van der Waals surface area contributed by atoms with E-state index in [1.807, 2.05) is 6.07 Å². The second-order valence-corrected chi connectivity index (χ2v) is 12.0. The first-order valence-corrected chi connectivity index (χ1v) is 14.2. The van der Waals surface area contributed by atoms with E-state index in [1.54, 1.807) is 11.0 Å². The Morgan fingerprint density at radius 1 is 1.06 bits per heavy atom. The van der Waals surface area contributed by atoms with E-state index in [1.165, 1.54) is 25.7 Å². The number of halogens is 1. The van der Waals surface area contributed by atoms with Gasteiger partial charge in [0.1, 0.15) is 0 Å². The quantitative estimate of drug-likeness (QED) is 0.563. The van der Waals surface area contributed by atoms with Gasteiger partial charge >= 0.3 is 0 Å². The van der Waals surface area contributed by atoms with Crippen LogP contribution in [0.4, 0.5) is 5.69 Å². The Hall–Kier alpha value is -1.45. The van der Waals surface area contributed by atoms with Crippen LogP contribution in [0.2, 0.25) is 0 Å². The van der Waals surface area contributed by atoms with Gasteiger partial charge in [0.2, 0.25) is 11.8 Å². The van der Waals surface area contributed by atoms with E-state index < -0.39 is 9.84 Å². The summed E-state index contributed by atoms with van der Waals surface area (Å²) in [7, 11) is -3.67. The molecule has 176 valence electrons. The lowest BCUT2D eigenvalue weighted by molar-refractivity contribution is -0.121. The first kappa shape index (κ1) is 23.7. The molecule has 0 atom stereocenters. The van der Waals surface area contributed by atoms with Gasteiger partial charge in [0.05, 0.1) is 10.6 Å². The molecule has 1 aliphatic carbocycles. The van der Waals surface area contributed by atoms with Crippen molar-refractivity contribution in [2.24, 2.45) is 5.92 Å². The number of sulfone groups is 1. The van der Waals surface area contributed by atoms with Gasteiger partial charge in [-0.3, -0.25) is 9.59 Å². The van der Waals surface area contributed by atoms with Gasteiger partial charge in [-0.2, -0.15) is 0 Å². The number of fused-ring (bicyclic) bond motifs is 1. The molecule has 0 bridgehead atoms. The summed E-state index contributed by atoms with van der Waals surface area (Å²) in [6.45, 7) is 4.08. The second kappa shape index (κ2) is 10.2. The van der Waals surface area contributed by atoms with Crippen LogP contribution in [-0.2, 0) is 25.8 Å². The normalized spacial score (nSPS) is 19.5. The summed E-state index contributed by atoms with van der Waals surface area (Å²) in [6, 6.07) is 3.42. The summed E-state index contributed by atoms with van der Waals surface area (Å²) in [5.74, 6) is -0.316. The molecule has 2 heterocycles. The molecule has 2 aliphatic heterocycles. The van der Waals surface area contributed by atoms with Gasteiger partial charge in [-0.25, -0.2) is 8.42 Å². The van der Waals surface area contributed by atoms with Crippen molar-refractivity contribution in [3.05, 3.63) is 22.2 Å². The van der Waals surface area contributed by atoms with Crippen LogP contribution < -0.4 is 10.2 Å². The molecule has 7 nitrogen and oxygen atoms in total. The predicted molar refractivity (Wildman–Crippen MR) is 128 cm³/mol. The zero-order valence-electron chi connectivity index (χ0n) is 18.4. The number of carbonyl (C=O) groups excluding carboxylic acids is 2. The van der Waals surface area contributed by atoms with E-state index in [0.717, 1.165) is 44.5 Å². The largest absolute Gasteiger partial charge is 0.355 e. The molecule has 1 saturated heterocycles. The third-order valence-electron chi connectivity index (χ3n) is 6.60. The molecule has 4 rings (SSSR count). The minimum atomic E-state index is -3.67. The fourth-order valence-corrected chi connectivity index (χ4v) is 7.00. The average Bonchev–Trinajstić information content (AvgIpc) is 3.56. The summed E-state index contributed by atoms with van der Waals surface area (Å²) in [6.07, 6.45) is 7.43. The van der Waals surface area contributed by atoms with Crippen LogP contribution >= 0.6 is 15.9 Å². The predicted octanol–water partition coefficient (Wildman–Crippen LogP) is 2.90. The van der Waals surface area contributed by atoms with Crippen molar-refractivity contribution < 1.29 is 18.0 Å². The SMILES string of the molecule is O=C(CCS(=O)(=O)c1cc2c(cc1Br)CCN2C(=O)C1CC1)NCCN1CCCCCC1. The molecule has 0 radical (unpaired) electrons. The standard InChI is InChI=1S/C23H32BrN3O4S/c24-19-15-18-7-12-27(23(29)17-5-6-17)20(18)16-21(19)32(30,31)14-8-22(28)25-9-13-26-10-3-1-2-4-11-26/h15-17H,1-14H2,(H,25,28). The molecule has 3 aliphatic rings. The third kappa shape index (κ3) is 5.72. The Balaban J connectivity index is 1.33. The van der Waals surface area contributed by atoms with Crippen LogP contribution in [0.1, 0.15) is 50.5 Å². The molecule has 2 amide bonds. The number of nitrogens with zero attached hydrogens (tertiary/aromatic N) is 2. The van der Waals surface area contributed by atoms with Crippen LogP contribution in [0.25, 0.3) is 0 Å². The summed E-state index contributed by atoms with van der Waals surface area (Å²) in [4.78, 5) is 29.1. The van der Waals surface area contributed by atoms with Gasteiger partial charge in [-0.15, -0.1) is 0 Å². The van der Waals surface area contributed by atoms with Crippen molar-refractivity contribution in [3.8, 4) is 0 Å². The third-order valence-corrected chi connectivity index (χ3v) is 9.27. The van der Waals surface area contributed by atoms with Crippen molar-refractivity contribution >= 4 is 43.3 Å². The Morgan fingerprint density at radius 3 is 2.47 bits per heavy atom. The van der Waals surface area contributed by atoms with E-state index >= 15 is 0 Å². The van der Waals surface area contributed by atoms with Crippen LogP contribution in [0.15, 0.2) is 21.5 Å². The van der Waals surface area contributed by atoms with Crippen molar-refractivity contribution in [1.82, 2.24) is 10.2 Å². The number of amides is 2. The Bertz CT molecular complexity index is 970. The van der Waals surface area contributed by atoms with Gasteiger partial charge in [0.25, 0.3) is 0 Å². The molecule has 32 heavy (non-hydrogen) atoms. The smallest absolute Gasteiger partial charge is 0.230 e. The van der Waals surface area contributed by atoms with Gasteiger partial charge in [-0.05, 0) is 78.8 Å². The van der Waals surface area contributed by atoms with Gasteiger partial charge < -0.3 is 15.1 Å². The Morgan fingerprint density at radius 2 is 1.78 bits per heavy atom. The molecule has 1 N–H and O–H groups in total. The maximum absolute atomic E-state index is 13.0. The lowest BCUT2D eigenvalue weighted by Gasteiger charge is -2.19. The molecule has 9 heteroatoms. The highest BCUT2D eigenvalue weighted by molar-refractivity contribution is 9.10. The van der Waals surface area contributed by atoms with E-state index in [2.05, 4.69) is 26.1 Å². The van der Waals surface area contributed by atoms with Gasteiger partial charge in [0.15, 0.2) is 9.84 Å². The van der Waals surface area contributed by atoms with Gasteiger partial charge in [-0.1, -0.05) is 12.8 Å². The van der Waals surface area contributed by atoms with Crippen molar-refractivity contribution in [1.29, 1.82) is 0 Å². The molecule has 1 aromatic carbocycles. The van der Waals surface area contributed by atoms with Crippen LogP contribution in [-0.4, -0.2) is 63.6 Å². The molecule has 0 aromatic heterocycles. The highest BCUT2D eigenvalue weighted by Gasteiger charge is 2.37. The molecule has 1 aromatic rings. The highest BCUT2D eigenvalue weighted by atomic mass is 79.9. The van der Waals surface area contributed by atoms with E-state index in [0.29, 0.717) is 23.2 Å². The van der Waals surface area contributed by atoms with E-state index in [-0.39, 0.29) is 34.8 Å². The van der Waals surface area contributed by atoms with Gasteiger partial charge in [0, 0.05) is 42.1 Å². The lowest BCUT2D eigenvalue weighted by Crippen LogP contribution is -2.36. The summed E-state index contributed by atoms with van der Waals surface area (Å²) < 4.78 is 26.5. The topological polar surface area (TPSA) is 86.8 Å². The molecule has 0 unspecified atom stereocenters. The number of nitrogens with one attached hydrogen (secondary N) is 1. The zero-order valence-corrected chi connectivity index (χ0v) is 20.8. The molecule has 1 saturated carbocycles. The summed E-state index contributed by atoms with van der Waals surface area (Å²) >= 11 is 3.39. The number of likely N-dealkylation sites (tertiary alicyclic amines) is 1. The monoisotopic (exact) mass is 525 g/mol. The number of carbonyl (C=O) groups is 2. The molecule has 2 fully saturated rings. The second-order valence-electron chi connectivity index (χ2n) is 9.10. The maximum Gasteiger partial charge on any atom is 0.230 e. The Labute approximate surface area is 199 Å². The fourth-order valence-electron chi connectivity index (χ4n) is 4.54. The first-order chi connectivity index (χ1) is 15.3. The van der Waals surface area contributed by atoms with Crippen LogP contribution in [0, 0.1) is 5.92 Å². The van der Waals surface area contributed by atoms with E-state index in [9.17, 15) is 18.0 Å². The molecular weight excluding hydrogens is 494 g/mol. The highest BCUT2D eigenvalue weighted by Crippen LogP contribution is 2.39.